The van der Waals surface area contributed by atoms with Gasteiger partial charge in [0.15, 0.2) is 11.5 Å². The number of ether oxygens (including phenoxy) is 2. The molecule has 120 valence electrons. The number of rotatable bonds is 3. The van der Waals surface area contributed by atoms with E-state index < -0.39 is 10.0 Å². The first-order valence-electron chi connectivity index (χ1n) is 7.24. The molecule has 1 unspecified atom stereocenters. The van der Waals surface area contributed by atoms with Crippen molar-refractivity contribution in [1.82, 2.24) is 10.0 Å². The molecule has 2 N–H and O–H groups in total. The Hall–Kier alpha value is -1.80. The minimum atomic E-state index is -3.73. The molecule has 3 rings (SSSR count). The van der Waals surface area contributed by atoms with Crippen LogP contribution in [0.3, 0.4) is 0 Å². The summed E-state index contributed by atoms with van der Waals surface area (Å²) in [5.41, 5.74) is 0. The molecule has 1 saturated heterocycles. The van der Waals surface area contributed by atoms with Crippen LogP contribution in [0.5, 0.6) is 11.5 Å². The van der Waals surface area contributed by atoms with Crippen LogP contribution in [0.25, 0.3) is 0 Å². The van der Waals surface area contributed by atoms with Gasteiger partial charge in [0.2, 0.25) is 15.9 Å². The molecule has 1 amide bonds. The largest absolute Gasteiger partial charge is 0.486 e. The van der Waals surface area contributed by atoms with Gasteiger partial charge in [-0.2, -0.15) is 0 Å². The molecule has 2 heterocycles. The normalized spacial score (nSPS) is 21.8. The van der Waals surface area contributed by atoms with Crippen molar-refractivity contribution in [2.75, 3.05) is 19.8 Å². The Morgan fingerprint density at radius 1 is 1.18 bits per heavy atom. The number of para-hydroxylation sites is 1. The third kappa shape index (κ3) is 3.17. The molecule has 22 heavy (non-hydrogen) atoms. The average Bonchev–Trinajstić information content (AvgIpc) is 2.71. The molecule has 2 aliphatic rings. The van der Waals surface area contributed by atoms with E-state index in [2.05, 4.69) is 10.0 Å². The van der Waals surface area contributed by atoms with Gasteiger partial charge in [0.25, 0.3) is 0 Å². The Balaban J connectivity index is 1.82. The van der Waals surface area contributed by atoms with Gasteiger partial charge in [0.1, 0.15) is 18.1 Å². The maximum absolute atomic E-state index is 12.6. The van der Waals surface area contributed by atoms with Gasteiger partial charge in [0, 0.05) is 19.0 Å². The van der Waals surface area contributed by atoms with Gasteiger partial charge in [-0.15, -0.1) is 0 Å². The number of hydrogen-bond acceptors (Lipinski definition) is 5. The van der Waals surface area contributed by atoms with Crippen LogP contribution in [-0.4, -0.2) is 40.1 Å². The highest BCUT2D eigenvalue weighted by Gasteiger charge is 2.28. The van der Waals surface area contributed by atoms with Gasteiger partial charge >= 0.3 is 0 Å². The van der Waals surface area contributed by atoms with Gasteiger partial charge in [-0.25, -0.2) is 13.1 Å². The topological polar surface area (TPSA) is 93.7 Å². The molecule has 8 heteroatoms. The Morgan fingerprint density at radius 2 is 2.00 bits per heavy atom. The molecule has 0 aliphatic carbocycles. The lowest BCUT2D eigenvalue weighted by atomic mass is 10.1. The zero-order valence-electron chi connectivity index (χ0n) is 12.0. The van der Waals surface area contributed by atoms with E-state index in [1.54, 1.807) is 12.1 Å². The number of fused-ring (bicyclic) bond motifs is 1. The van der Waals surface area contributed by atoms with Crippen LogP contribution >= 0.6 is 0 Å². The predicted octanol–water partition coefficient (Wildman–Crippen LogP) is 0.405. The summed E-state index contributed by atoms with van der Waals surface area (Å²) in [4.78, 5) is 11.4. The molecular weight excluding hydrogens is 308 g/mol. The average molecular weight is 326 g/mol. The molecule has 0 aromatic heterocycles. The van der Waals surface area contributed by atoms with E-state index in [0.717, 1.165) is 0 Å². The number of carbonyl (C=O) groups is 1. The van der Waals surface area contributed by atoms with Crippen molar-refractivity contribution >= 4 is 15.9 Å². The third-order valence-electron chi connectivity index (χ3n) is 3.68. The number of nitrogens with one attached hydrogen (secondary N) is 2. The summed E-state index contributed by atoms with van der Waals surface area (Å²) in [6, 6.07) is 4.53. The summed E-state index contributed by atoms with van der Waals surface area (Å²) < 4.78 is 38.8. The molecule has 0 radical (unpaired) electrons. The van der Waals surface area contributed by atoms with E-state index in [4.69, 9.17) is 9.47 Å². The lowest BCUT2D eigenvalue weighted by Gasteiger charge is -2.22. The second-order valence-corrected chi connectivity index (χ2v) is 6.96. The third-order valence-corrected chi connectivity index (χ3v) is 5.22. The van der Waals surface area contributed by atoms with Gasteiger partial charge in [-0.1, -0.05) is 6.07 Å². The maximum atomic E-state index is 12.6. The minimum Gasteiger partial charge on any atom is -0.486 e. The molecule has 0 spiro atoms. The Labute approximate surface area is 129 Å². The standard InChI is InChI=1S/C14H18N2O5S/c17-13-5-4-10(6-7-15-13)16-22(18,19)12-3-1-2-11-14(12)21-9-8-20-11/h1-3,10,16H,4-9H2,(H,15,17). The Morgan fingerprint density at radius 3 is 2.86 bits per heavy atom. The van der Waals surface area contributed by atoms with Crippen LogP contribution in [0.2, 0.25) is 0 Å². The Bertz CT molecular complexity index is 674. The van der Waals surface area contributed by atoms with Crippen molar-refractivity contribution in [2.45, 2.75) is 30.2 Å². The summed E-state index contributed by atoms with van der Waals surface area (Å²) in [5.74, 6) is 0.645. The second kappa shape index (κ2) is 6.13. The highest BCUT2D eigenvalue weighted by Crippen LogP contribution is 2.36. The van der Waals surface area contributed by atoms with Crippen molar-refractivity contribution < 1.29 is 22.7 Å². The van der Waals surface area contributed by atoms with Crippen molar-refractivity contribution in [3.05, 3.63) is 18.2 Å². The van der Waals surface area contributed by atoms with E-state index >= 15 is 0 Å². The number of carbonyl (C=O) groups excluding carboxylic acids is 1. The van der Waals surface area contributed by atoms with Gasteiger partial charge in [-0.3, -0.25) is 4.79 Å². The van der Waals surface area contributed by atoms with Crippen LogP contribution in [-0.2, 0) is 14.8 Å². The van der Waals surface area contributed by atoms with Crippen molar-refractivity contribution in [3.8, 4) is 11.5 Å². The molecule has 2 aliphatic heterocycles. The van der Waals surface area contributed by atoms with Crippen LogP contribution < -0.4 is 19.5 Å². The molecule has 1 atom stereocenters. The first kappa shape index (κ1) is 15.1. The summed E-state index contributed by atoms with van der Waals surface area (Å²) >= 11 is 0. The highest BCUT2D eigenvalue weighted by atomic mass is 32.2. The molecule has 0 bridgehead atoms. The fraction of sp³-hybridized carbons (Fsp3) is 0.500. The quantitative estimate of drug-likeness (QED) is 0.839. The van der Waals surface area contributed by atoms with Crippen molar-refractivity contribution in [1.29, 1.82) is 0 Å². The van der Waals surface area contributed by atoms with E-state index in [0.29, 0.717) is 44.8 Å². The summed E-state index contributed by atoms with van der Waals surface area (Å²) in [6.07, 6.45) is 1.37. The SMILES string of the molecule is O=C1CCC(NS(=O)(=O)c2cccc3c2OCCO3)CCN1. The predicted molar refractivity (Wildman–Crippen MR) is 78.4 cm³/mol. The Kier molecular flexibility index (Phi) is 4.21. The first-order chi connectivity index (χ1) is 10.6. The van der Waals surface area contributed by atoms with Gasteiger partial charge in [0.05, 0.1) is 0 Å². The van der Waals surface area contributed by atoms with E-state index in [-0.39, 0.29) is 22.6 Å². The molecule has 1 aromatic carbocycles. The molecule has 0 saturated carbocycles. The van der Waals surface area contributed by atoms with Crippen molar-refractivity contribution in [3.63, 3.8) is 0 Å². The number of sulfonamides is 1. The highest BCUT2D eigenvalue weighted by molar-refractivity contribution is 7.89. The van der Waals surface area contributed by atoms with Crippen LogP contribution in [0.4, 0.5) is 0 Å². The zero-order chi connectivity index (χ0) is 15.6. The summed E-state index contributed by atoms with van der Waals surface area (Å²) in [7, 11) is -3.73. The van der Waals surface area contributed by atoms with Gasteiger partial charge in [-0.05, 0) is 25.0 Å². The molecule has 7 nitrogen and oxygen atoms in total. The van der Waals surface area contributed by atoms with E-state index in [1.165, 1.54) is 6.07 Å². The van der Waals surface area contributed by atoms with Crippen LogP contribution in [0, 0.1) is 0 Å². The van der Waals surface area contributed by atoms with E-state index in [1.807, 2.05) is 0 Å². The number of hydrogen-bond donors (Lipinski definition) is 2. The summed E-state index contributed by atoms with van der Waals surface area (Å²) in [6.45, 7) is 1.19. The van der Waals surface area contributed by atoms with Crippen LogP contribution in [0.15, 0.2) is 23.1 Å². The second-order valence-electron chi connectivity index (χ2n) is 5.28. The fourth-order valence-electron chi connectivity index (χ4n) is 2.58. The maximum Gasteiger partial charge on any atom is 0.244 e. The molecule has 1 aromatic rings. The molecule has 1 fully saturated rings. The smallest absolute Gasteiger partial charge is 0.244 e. The van der Waals surface area contributed by atoms with Crippen molar-refractivity contribution in [2.24, 2.45) is 0 Å². The van der Waals surface area contributed by atoms with E-state index in [9.17, 15) is 13.2 Å². The minimum absolute atomic E-state index is 0.0458. The number of amides is 1. The lowest BCUT2D eigenvalue weighted by Crippen LogP contribution is -2.35. The number of benzene rings is 1. The zero-order valence-corrected chi connectivity index (χ0v) is 12.8. The fourth-order valence-corrected chi connectivity index (χ4v) is 4.05. The summed E-state index contributed by atoms with van der Waals surface area (Å²) in [5, 5.41) is 2.73. The first-order valence-corrected chi connectivity index (χ1v) is 8.72. The molecular formula is C14H18N2O5S. The van der Waals surface area contributed by atoms with Crippen LogP contribution in [0.1, 0.15) is 19.3 Å². The lowest BCUT2D eigenvalue weighted by molar-refractivity contribution is -0.120. The van der Waals surface area contributed by atoms with Gasteiger partial charge < -0.3 is 14.8 Å². The monoisotopic (exact) mass is 326 g/mol.